The summed E-state index contributed by atoms with van der Waals surface area (Å²) in [5, 5.41) is 3.74. The molecule has 0 bridgehead atoms. The molecule has 2 heterocycles. The fourth-order valence-corrected chi connectivity index (χ4v) is 4.64. The Balaban J connectivity index is 1.37. The number of methoxy groups -OCH3 is 1. The molecule has 10 heteroatoms. The molecule has 0 atom stereocenters. The molecule has 1 saturated heterocycles. The van der Waals surface area contributed by atoms with Gasteiger partial charge in [0.15, 0.2) is 5.13 Å². The van der Waals surface area contributed by atoms with Gasteiger partial charge < -0.3 is 15.0 Å². The number of fused-ring (bicyclic) bond motifs is 1. The molecule has 8 nitrogen and oxygen atoms in total. The molecule has 1 fully saturated rings. The molecule has 0 radical (unpaired) electrons. The Morgan fingerprint density at radius 2 is 1.97 bits per heavy atom. The van der Waals surface area contributed by atoms with Crippen LogP contribution in [0.15, 0.2) is 42.5 Å². The van der Waals surface area contributed by atoms with Gasteiger partial charge in [-0.25, -0.2) is 13.4 Å². The minimum Gasteiger partial charge on any atom is -0.497 e. The van der Waals surface area contributed by atoms with Crippen LogP contribution in [0.2, 0.25) is 0 Å². The predicted molar refractivity (Wildman–Crippen MR) is 115 cm³/mol. The van der Waals surface area contributed by atoms with E-state index in [4.69, 9.17) is 4.74 Å². The number of amides is 1. The first-order valence-electron chi connectivity index (χ1n) is 8.89. The number of carbonyl (C=O) groups is 1. The maximum Gasteiger partial charge on any atom is 0.231 e. The van der Waals surface area contributed by atoms with Crippen LogP contribution in [0, 0.1) is 5.92 Å². The Kier molecular flexibility index (Phi) is 5.05. The maximum absolute atomic E-state index is 12.5. The average molecular weight is 433 g/mol. The van der Waals surface area contributed by atoms with Crippen molar-refractivity contribution in [3.05, 3.63) is 42.5 Å². The molecule has 0 spiro atoms. The summed E-state index contributed by atoms with van der Waals surface area (Å²) in [6.07, 6.45) is 1.08. The number of nitrogens with one attached hydrogen (secondary N) is 2. The Morgan fingerprint density at radius 3 is 2.69 bits per heavy atom. The number of hydrogen-bond donors (Lipinski definition) is 2. The summed E-state index contributed by atoms with van der Waals surface area (Å²) in [5.74, 6) is 0.546. The van der Waals surface area contributed by atoms with Gasteiger partial charge in [-0.15, -0.1) is 0 Å². The Bertz CT molecular complexity index is 1170. The highest BCUT2D eigenvalue weighted by Crippen LogP contribution is 2.34. The summed E-state index contributed by atoms with van der Waals surface area (Å²) in [7, 11) is -1.74. The number of sulfonamides is 1. The zero-order valence-corrected chi connectivity index (χ0v) is 17.5. The molecule has 1 amide bonds. The van der Waals surface area contributed by atoms with E-state index in [9.17, 15) is 13.2 Å². The molecule has 1 aliphatic rings. The smallest absolute Gasteiger partial charge is 0.231 e. The molecule has 1 aliphatic heterocycles. The second-order valence-electron chi connectivity index (χ2n) is 6.88. The van der Waals surface area contributed by atoms with Gasteiger partial charge in [0.2, 0.25) is 15.9 Å². The summed E-state index contributed by atoms with van der Waals surface area (Å²) in [6.45, 7) is 1.17. The van der Waals surface area contributed by atoms with Crippen LogP contribution in [0.3, 0.4) is 0 Å². The molecular weight excluding hydrogens is 412 g/mol. The van der Waals surface area contributed by atoms with Crippen LogP contribution >= 0.6 is 11.3 Å². The molecule has 0 unspecified atom stereocenters. The third-order valence-electron chi connectivity index (χ3n) is 4.54. The van der Waals surface area contributed by atoms with Crippen molar-refractivity contribution in [1.29, 1.82) is 0 Å². The molecule has 0 aliphatic carbocycles. The first kappa shape index (κ1) is 19.5. The number of rotatable bonds is 6. The third-order valence-corrected chi connectivity index (χ3v) is 6.23. The van der Waals surface area contributed by atoms with E-state index in [0.29, 0.717) is 24.5 Å². The van der Waals surface area contributed by atoms with Crippen molar-refractivity contribution in [2.45, 2.75) is 0 Å². The molecule has 2 aromatic carbocycles. The number of aromatic nitrogens is 1. The van der Waals surface area contributed by atoms with Crippen LogP contribution in [0.25, 0.3) is 10.2 Å². The number of thiazole rings is 1. The summed E-state index contributed by atoms with van der Waals surface area (Å²) >= 11 is 1.57. The monoisotopic (exact) mass is 432 g/mol. The lowest BCUT2D eigenvalue weighted by molar-refractivity contribution is -0.120. The van der Waals surface area contributed by atoms with E-state index in [-0.39, 0.29) is 11.8 Å². The average Bonchev–Trinajstić information content (AvgIpc) is 3.01. The van der Waals surface area contributed by atoms with Gasteiger partial charge >= 0.3 is 0 Å². The molecule has 1 aromatic heterocycles. The third kappa shape index (κ3) is 4.43. The van der Waals surface area contributed by atoms with Crippen molar-refractivity contribution in [1.82, 2.24) is 4.98 Å². The van der Waals surface area contributed by atoms with Gasteiger partial charge in [-0.2, -0.15) is 0 Å². The van der Waals surface area contributed by atoms with Gasteiger partial charge in [0, 0.05) is 18.8 Å². The van der Waals surface area contributed by atoms with E-state index in [0.717, 1.165) is 27.4 Å². The summed E-state index contributed by atoms with van der Waals surface area (Å²) in [5.41, 5.74) is 1.87. The van der Waals surface area contributed by atoms with E-state index in [1.54, 1.807) is 42.7 Å². The van der Waals surface area contributed by atoms with Gasteiger partial charge in [0.1, 0.15) is 5.75 Å². The standard InChI is InChI=1S/C19H20N4O4S2/c1-27-15-6-7-16-17(9-15)28-19(21-16)23-10-12(11-23)18(24)20-13-4-3-5-14(8-13)22-29(2,25)26/h3-9,12,22H,10-11H2,1-2H3,(H,20,24). The van der Waals surface area contributed by atoms with Crippen molar-refractivity contribution >= 4 is 54.0 Å². The lowest BCUT2D eigenvalue weighted by Gasteiger charge is -2.37. The maximum atomic E-state index is 12.5. The lowest BCUT2D eigenvalue weighted by Crippen LogP contribution is -2.52. The normalized spacial score (nSPS) is 14.5. The van der Waals surface area contributed by atoms with Gasteiger partial charge in [0.05, 0.1) is 35.2 Å². The molecule has 4 rings (SSSR count). The largest absolute Gasteiger partial charge is 0.497 e. The number of ether oxygens (including phenoxy) is 1. The van der Waals surface area contributed by atoms with E-state index in [1.807, 2.05) is 18.2 Å². The van der Waals surface area contributed by atoms with Crippen molar-refractivity contribution in [3.8, 4) is 5.75 Å². The van der Waals surface area contributed by atoms with E-state index < -0.39 is 10.0 Å². The van der Waals surface area contributed by atoms with Gasteiger partial charge in [-0.05, 0) is 36.4 Å². The van der Waals surface area contributed by atoms with Crippen LogP contribution in [0.1, 0.15) is 0 Å². The number of benzene rings is 2. The Morgan fingerprint density at radius 1 is 1.21 bits per heavy atom. The van der Waals surface area contributed by atoms with Crippen molar-refractivity contribution in [2.24, 2.45) is 5.92 Å². The van der Waals surface area contributed by atoms with Crippen LogP contribution in [0.5, 0.6) is 5.75 Å². The molecule has 3 aromatic rings. The molecule has 2 N–H and O–H groups in total. The van der Waals surface area contributed by atoms with Crippen LogP contribution in [0.4, 0.5) is 16.5 Å². The van der Waals surface area contributed by atoms with E-state index >= 15 is 0 Å². The zero-order chi connectivity index (χ0) is 20.6. The fraction of sp³-hybridized carbons (Fsp3) is 0.263. The summed E-state index contributed by atoms with van der Waals surface area (Å²) < 4.78 is 31.4. The van der Waals surface area contributed by atoms with Crippen LogP contribution < -0.4 is 19.7 Å². The predicted octanol–water partition coefficient (Wildman–Crippen LogP) is 2.75. The topological polar surface area (TPSA) is 101 Å². The van der Waals surface area contributed by atoms with Crippen molar-refractivity contribution in [2.75, 3.05) is 41.4 Å². The SMILES string of the molecule is COc1ccc2nc(N3CC(C(=O)Nc4cccc(NS(C)(=O)=O)c4)C3)sc2c1. The number of hydrogen-bond acceptors (Lipinski definition) is 7. The zero-order valence-electron chi connectivity index (χ0n) is 15.9. The highest BCUT2D eigenvalue weighted by Gasteiger charge is 2.34. The number of carbonyl (C=O) groups excluding carboxylic acids is 1. The lowest BCUT2D eigenvalue weighted by atomic mass is 10.00. The van der Waals surface area contributed by atoms with Crippen LogP contribution in [-0.2, 0) is 14.8 Å². The second-order valence-corrected chi connectivity index (χ2v) is 9.63. The number of anilines is 3. The fourth-order valence-electron chi connectivity index (χ4n) is 3.07. The molecule has 29 heavy (non-hydrogen) atoms. The van der Waals surface area contributed by atoms with Crippen molar-refractivity contribution in [3.63, 3.8) is 0 Å². The van der Waals surface area contributed by atoms with Crippen LogP contribution in [-0.4, -0.2) is 45.8 Å². The molecule has 0 saturated carbocycles. The van der Waals surface area contributed by atoms with Crippen molar-refractivity contribution < 1.29 is 17.9 Å². The Hall–Kier alpha value is -2.85. The first-order valence-corrected chi connectivity index (χ1v) is 11.6. The van der Waals surface area contributed by atoms with E-state index in [1.165, 1.54) is 0 Å². The van der Waals surface area contributed by atoms with Gasteiger partial charge in [-0.1, -0.05) is 17.4 Å². The summed E-state index contributed by atoms with van der Waals surface area (Å²) in [6, 6.07) is 12.4. The first-order chi connectivity index (χ1) is 13.8. The summed E-state index contributed by atoms with van der Waals surface area (Å²) in [4.78, 5) is 19.2. The van der Waals surface area contributed by atoms with E-state index in [2.05, 4.69) is 19.9 Å². The molecular formula is C19H20N4O4S2. The quantitative estimate of drug-likeness (QED) is 0.621. The highest BCUT2D eigenvalue weighted by atomic mass is 32.2. The van der Waals surface area contributed by atoms with Gasteiger partial charge in [-0.3, -0.25) is 9.52 Å². The number of nitrogens with zero attached hydrogens (tertiary/aromatic N) is 2. The minimum absolute atomic E-state index is 0.0967. The molecule has 152 valence electrons. The minimum atomic E-state index is -3.37. The van der Waals surface area contributed by atoms with Gasteiger partial charge in [0.25, 0.3) is 0 Å². The highest BCUT2D eigenvalue weighted by molar-refractivity contribution is 7.92. The Labute approximate surface area is 172 Å². The second kappa shape index (κ2) is 7.53.